The van der Waals surface area contributed by atoms with Gasteiger partial charge in [0.2, 0.25) is 5.88 Å². The molecule has 13 heteroatoms. The first kappa shape index (κ1) is 29.8. The average Bonchev–Trinajstić information content (AvgIpc) is 3.86. The molecule has 0 amide bonds. The molecular formula is C34H38N10O2S. The van der Waals surface area contributed by atoms with Gasteiger partial charge in [0, 0.05) is 28.2 Å². The van der Waals surface area contributed by atoms with Crippen molar-refractivity contribution >= 4 is 33.2 Å². The molecule has 1 saturated heterocycles. The number of likely N-dealkylation sites (N-methyl/N-ethyl adjacent to an activating group) is 1. The summed E-state index contributed by atoms with van der Waals surface area (Å²) in [6.07, 6.45) is 10.6. The van der Waals surface area contributed by atoms with Crippen LogP contribution in [0.5, 0.6) is 5.88 Å². The summed E-state index contributed by atoms with van der Waals surface area (Å²) in [6.45, 7) is 5.19. The number of nitrogen functional groups attached to an aromatic ring is 2. The highest BCUT2D eigenvalue weighted by Crippen LogP contribution is 2.55. The zero-order valence-corrected chi connectivity index (χ0v) is 27.7. The van der Waals surface area contributed by atoms with E-state index in [-0.39, 0.29) is 6.04 Å². The van der Waals surface area contributed by atoms with Crippen molar-refractivity contribution in [2.75, 3.05) is 25.1 Å². The number of aryl methyl sites for hydroxylation is 1. The number of nitriles is 1. The first-order valence-corrected chi connectivity index (χ1v) is 17.3. The molecule has 0 unspecified atom stereocenters. The Kier molecular flexibility index (Phi) is 7.18. The molecule has 0 aromatic carbocycles. The Morgan fingerprint density at radius 3 is 2.77 bits per heavy atom. The second kappa shape index (κ2) is 11.3. The van der Waals surface area contributed by atoms with Crippen LogP contribution in [0.25, 0.3) is 22.6 Å². The third-order valence-electron chi connectivity index (χ3n) is 10.6. The van der Waals surface area contributed by atoms with Crippen molar-refractivity contribution < 1.29 is 9.26 Å². The van der Waals surface area contributed by atoms with Crippen LogP contribution in [0.1, 0.15) is 97.4 Å². The van der Waals surface area contributed by atoms with Crippen LogP contribution in [0.3, 0.4) is 0 Å². The van der Waals surface area contributed by atoms with E-state index in [1.165, 1.54) is 16.2 Å². The lowest BCUT2D eigenvalue weighted by Gasteiger charge is -2.39. The van der Waals surface area contributed by atoms with Crippen LogP contribution in [0.2, 0.25) is 0 Å². The van der Waals surface area contributed by atoms with Gasteiger partial charge in [-0.3, -0.25) is 0 Å². The largest absolute Gasteiger partial charge is 0.469 e. The lowest BCUT2D eigenvalue weighted by Crippen LogP contribution is -2.35. The molecule has 8 rings (SSSR count). The maximum Gasteiger partial charge on any atom is 0.229 e. The molecule has 1 fully saturated rings. The highest BCUT2D eigenvalue weighted by atomic mass is 32.1. The highest BCUT2D eigenvalue weighted by Gasteiger charge is 2.49. The Morgan fingerprint density at radius 1 is 1.17 bits per heavy atom. The van der Waals surface area contributed by atoms with Gasteiger partial charge < -0.3 is 25.6 Å². The molecule has 3 aliphatic rings. The Morgan fingerprint density at radius 2 is 2.00 bits per heavy atom. The van der Waals surface area contributed by atoms with Crippen molar-refractivity contribution in [2.45, 2.75) is 88.8 Å². The number of pyridine rings is 1. The summed E-state index contributed by atoms with van der Waals surface area (Å²) < 4.78 is 14.9. The molecule has 1 aliphatic heterocycles. The van der Waals surface area contributed by atoms with Crippen molar-refractivity contribution in [2.24, 2.45) is 0 Å². The third kappa shape index (κ3) is 4.60. The van der Waals surface area contributed by atoms with Crippen LogP contribution in [-0.2, 0) is 18.3 Å². The van der Waals surface area contributed by atoms with Gasteiger partial charge in [-0.1, -0.05) is 11.2 Å². The van der Waals surface area contributed by atoms with E-state index in [0.717, 1.165) is 80.4 Å². The molecule has 0 bridgehead atoms. The minimum Gasteiger partial charge on any atom is -0.469 e. The van der Waals surface area contributed by atoms with E-state index in [2.05, 4.69) is 35.1 Å². The molecular weight excluding hydrogens is 613 g/mol. The Hall–Kier alpha value is -4.54. The van der Waals surface area contributed by atoms with Crippen molar-refractivity contribution in [3.63, 3.8) is 0 Å². The van der Waals surface area contributed by atoms with E-state index in [1.54, 1.807) is 12.4 Å². The van der Waals surface area contributed by atoms with Crippen LogP contribution in [0, 0.1) is 11.3 Å². The fourth-order valence-corrected chi connectivity index (χ4v) is 9.48. The first-order valence-electron chi connectivity index (χ1n) is 16.4. The van der Waals surface area contributed by atoms with Gasteiger partial charge in [0.15, 0.2) is 22.9 Å². The number of hydrogen-bond donors (Lipinski definition) is 2. The number of thiophene rings is 1. The van der Waals surface area contributed by atoms with Gasteiger partial charge in [-0.25, -0.2) is 14.6 Å². The molecule has 6 heterocycles. The van der Waals surface area contributed by atoms with Crippen LogP contribution >= 0.6 is 11.3 Å². The minimum atomic E-state index is -0.440. The number of aromatic nitrogens is 6. The molecule has 5 aromatic heterocycles. The number of fused-ring (bicyclic) bond motifs is 5. The van der Waals surface area contributed by atoms with E-state index >= 15 is 0 Å². The normalized spacial score (nSPS) is 22.2. The first-order chi connectivity index (χ1) is 22.8. The van der Waals surface area contributed by atoms with Crippen LogP contribution in [0.15, 0.2) is 29.0 Å². The SMILES string of the molecule is C[C@@H](Oc1nc(-c2noc3c2CCC[C@@]32CCCc3sc(N)c(C#N)c32)nc2c1cnn2[C@@H](C)[C@@H]1CCCN1C)c1cccnc1N. The highest BCUT2D eigenvalue weighted by molar-refractivity contribution is 7.16. The molecule has 2 aliphatic carbocycles. The van der Waals surface area contributed by atoms with Crippen molar-refractivity contribution in [3.8, 4) is 23.5 Å². The molecule has 4 atom stereocenters. The molecule has 5 aromatic rings. The van der Waals surface area contributed by atoms with Gasteiger partial charge in [-0.2, -0.15) is 15.3 Å². The molecule has 0 saturated carbocycles. The van der Waals surface area contributed by atoms with Crippen molar-refractivity contribution in [3.05, 3.63) is 57.4 Å². The number of rotatable bonds is 6. The predicted octanol–water partition coefficient (Wildman–Crippen LogP) is 5.73. The lowest BCUT2D eigenvalue weighted by molar-refractivity contribution is 0.221. The number of nitrogens with two attached hydrogens (primary N) is 2. The number of likely N-dealkylation sites (tertiary alicyclic amines) is 1. The maximum absolute atomic E-state index is 10.1. The number of anilines is 2. The topological polar surface area (TPSA) is 171 Å². The standard InChI is InChI=1S/C34H38N10O2S/c1-18(24-10-7-15-43(24)3)44-32-23(17-39-44)33(45-19(2)20-9-6-14-38-29(20)36)41-31(40-32)27-21-8-4-12-34(28(21)46-42-27)13-5-11-25-26(34)22(16-35)30(37)47-25/h6,9,14,17-19,24H,4-5,7-8,10-13,15,37H2,1-3H3,(H2,36,38)/t18-,19+,24-,34-/m0/s1. The number of ether oxygens (including phenoxy) is 1. The summed E-state index contributed by atoms with van der Waals surface area (Å²) >= 11 is 1.54. The van der Waals surface area contributed by atoms with E-state index in [1.807, 2.05) is 23.7 Å². The Balaban J connectivity index is 1.28. The van der Waals surface area contributed by atoms with E-state index in [0.29, 0.717) is 50.9 Å². The van der Waals surface area contributed by atoms with Gasteiger partial charge in [-0.05, 0) is 90.4 Å². The van der Waals surface area contributed by atoms with Crippen LogP contribution in [-0.4, -0.2) is 54.4 Å². The molecule has 0 radical (unpaired) electrons. The zero-order valence-electron chi connectivity index (χ0n) is 26.9. The smallest absolute Gasteiger partial charge is 0.229 e. The summed E-state index contributed by atoms with van der Waals surface area (Å²) in [6, 6.07) is 6.57. The van der Waals surface area contributed by atoms with Gasteiger partial charge >= 0.3 is 0 Å². The molecule has 4 N–H and O–H groups in total. The van der Waals surface area contributed by atoms with Crippen LogP contribution < -0.4 is 16.2 Å². The van der Waals surface area contributed by atoms with Gasteiger partial charge in [0.1, 0.15) is 28.4 Å². The summed E-state index contributed by atoms with van der Waals surface area (Å²) in [5, 5.41) is 20.9. The number of hydrogen-bond acceptors (Lipinski definition) is 12. The van der Waals surface area contributed by atoms with Gasteiger partial charge in [0.25, 0.3) is 0 Å². The predicted molar refractivity (Wildman–Crippen MR) is 179 cm³/mol. The summed E-state index contributed by atoms with van der Waals surface area (Å²) in [7, 11) is 2.17. The molecule has 1 spiro atoms. The quantitative estimate of drug-likeness (QED) is 0.230. The Bertz CT molecular complexity index is 2040. The maximum atomic E-state index is 10.1. The monoisotopic (exact) mass is 650 g/mol. The van der Waals surface area contributed by atoms with E-state index in [9.17, 15) is 5.26 Å². The second-order valence-electron chi connectivity index (χ2n) is 13.2. The molecule has 242 valence electrons. The fourth-order valence-electron chi connectivity index (χ4n) is 8.32. The zero-order chi connectivity index (χ0) is 32.4. The molecule has 12 nitrogen and oxygen atoms in total. The third-order valence-corrected chi connectivity index (χ3v) is 11.7. The fraction of sp³-hybridized carbons (Fsp3) is 0.471. The van der Waals surface area contributed by atoms with E-state index in [4.69, 9.17) is 35.8 Å². The summed E-state index contributed by atoms with van der Waals surface area (Å²) in [4.78, 5) is 18.0. The van der Waals surface area contributed by atoms with E-state index < -0.39 is 11.5 Å². The van der Waals surface area contributed by atoms with Gasteiger partial charge in [-0.15, -0.1) is 11.3 Å². The summed E-state index contributed by atoms with van der Waals surface area (Å²) in [5.74, 6) is 2.05. The second-order valence-corrected chi connectivity index (χ2v) is 14.4. The summed E-state index contributed by atoms with van der Waals surface area (Å²) in [5.41, 5.74) is 16.8. The minimum absolute atomic E-state index is 0.0746. The van der Waals surface area contributed by atoms with Crippen LogP contribution in [0.4, 0.5) is 10.8 Å². The number of nitrogens with zero attached hydrogens (tertiary/aromatic N) is 8. The molecule has 47 heavy (non-hydrogen) atoms. The lowest BCUT2D eigenvalue weighted by atomic mass is 9.63. The average molecular weight is 651 g/mol. The van der Waals surface area contributed by atoms with Crippen molar-refractivity contribution in [1.29, 1.82) is 5.26 Å². The van der Waals surface area contributed by atoms with Crippen molar-refractivity contribution in [1.82, 2.24) is 34.8 Å². The van der Waals surface area contributed by atoms with Gasteiger partial charge in [0.05, 0.1) is 23.2 Å². The Labute approximate surface area is 276 Å².